The summed E-state index contributed by atoms with van der Waals surface area (Å²) >= 11 is 0. The normalized spacial score (nSPS) is 11.0. The van der Waals surface area contributed by atoms with Crippen molar-refractivity contribution in [2.24, 2.45) is 0 Å². The van der Waals surface area contributed by atoms with E-state index < -0.39 is 0 Å². The monoisotopic (exact) mass is 238 g/mol. The van der Waals surface area contributed by atoms with Gasteiger partial charge in [0.25, 0.3) is 0 Å². The Labute approximate surface area is 105 Å². The zero-order valence-electron chi connectivity index (χ0n) is 10.4. The number of hydrogen-bond acceptors (Lipinski definition) is 3. The SMILES string of the molecule is Cc1cnc2nc(-c3ccc(N)c(C)c3)[nH]c2c1. The summed E-state index contributed by atoms with van der Waals surface area (Å²) in [5.74, 6) is 0.825. The maximum atomic E-state index is 5.82. The number of aromatic nitrogens is 3. The van der Waals surface area contributed by atoms with Gasteiger partial charge in [0.05, 0.1) is 5.52 Å². The fraction of sp³-hybridized carbons (Fsp3) is 0.143. The smallest absolute Gasteiger partial charge is 0.178 e. The number of benzene rings is 1. The summed E-state index contributed by atoms with van der Waals surface area (Å²) in [7, 11) is 0. The van der Waals surface area contributed by atoms with Crippen molar-refractivity contribution in [3.8, 4) is 11.4 Å². The second kappa shape index (κ2) is 3.84. The largest absolute Gasteiger partial charge is 0.399 e. The summed E-state index contributed by atoms with van der Waals surface area (Å²) in [5, 5.41) is 0. The van der Waals surface area contributed by atoms with Gasteiger partial charge in [-0.15, -0.1) is 0 Å². The van der Waals surface area contributed by atoms with Gasteiger partial charge in [0.2, 0.25) is 0 Å². The van der Waals surface area contributed by atoms with Crippen LogP contribution in [0.3, 0.4) is 0 Å². The van der Waals surface area contributed by atoms with Gasteiger partial charge in [-0.25, -0.2) is 9.97 Å². The van der Waals surface area contributed by atoms with E-state index in [4.69, 9.17) is 5.73 Å². The van der Waals surface area contributed by atoms with Crippen LogP contribution in [-0.2, 0) is 0 Å². The molecular weight excluding hydrogens is 224 g/mol. The van der Waals surface area contributed by atoms with E-state index >= 15 is 0 Å². The van der Waals surface area contributed by atoms with Crippen LogP contribution in [0.1, 0.15) is 11.1 Å². The number of rotatable bonds is 1. The molecule has 1 aromatic carbocycles. The first-order chi connectivity index (χ1) is 8.63. The van der Waals surface area contributed by atoms with Crippen molar-refractivity contribution in [2.75, 3.05) is 5.73 Å². The minimum atomic E-state index is 0.741. The molecule has 0 saturated carbocycles. The van der Waals surface area contributed by atoms with Crippen molar-refractivity contribution in [3.05, 3.63) is 41.6 Å². The first kappa shape index (κ1) is 10.8. The van der Waals surface area contributed by atoms with Crippen LogP contribution in [0.5, 0.6) is 0 Å². The van der Waals surface area contributed by atoms with E-state index in [2.05, 4.69) is 15.0 Å². The Bertz CT molecular complexity index is 728. The van der Waals surface area contributed by atoms with E-state index in [0.29, 0.717) is 0 Å². The molecule has 0 fully saturated rings. The molecule has 90 valence electrons. The molecule has 0 spiro atoms. The van der Waals surface area contributed by atoms with Crippen molar-refractivity contribution >= 4 is 16.9 Å². The fourth-order valence-corrected chi connectivity index (χ4v) is 1.96. The van der Waals surface area contributed by atoms with Crippen molar-refractivity contribution in [3.63, 3.8) is 0 Å². The number of nitrogens with one attached hydrogen (secondary N) is 1. The Morgan fingerprint density at radius 1 is 1.17 bits per heavy atom. The number of anilines is 1. The maximum absolute atomic E-state index is 5.82. The zero-order valence-corrected chi connectivity index (χ0v) is 10.4. The van der Waals surface area contributed by atoms with Crippen LogP contribution in [0.2, 0.25) is 0 Å². The quantitative estimate of drug-likeness (QED) is 0.640. The number of pyridine rings is 1. The highest BCUT2D eigenvalue weighted by Gasteiger charge is 2.07. The predicted octanol–water partition coefficient (Wildman–Crippen LogP) is 2.82. The Balaban J connectivity index is 2.16. The number of imidazole rings is 1. The van der Waals surface area contributed by atoms with Crippen LogP contribution in [0.4, 0.5) is 5.69 Å². The van der Waals surface area contributed by atoms with Gasteiger partial charge in [-0.3, -0.25) is 0 Å². The molecule has 0 amide bonds. The molecule has 3 rings (SSSR count). The van der Waals surface area contributed by atoms with E-state index in [-0.39, 0.29) is 0 Å². The number of nitrogens with two attached hydrogens (primary N) is 1. The summed E-state index contributed by atoms with van der Waals surface area (Å²) in [4.78, 5) is 12.1. The van der Waals surface area contributed by atoms with E-state index in [1.165, 1.54) is 0 Å². The molecule has 0 unspecified atom stereocenters. The third-order valence-corrected chi connectivity index (χ3v) is 3.02. The number of hydrogen-bond donors (Lipinski definition) is 2. The van der Waals surface area contributed by atoms with Crippen molar-refractivity contribution in [2.45, 2.75) is 13.8 Å². The second-order valence-corrected chi connectivity index (χ2v) is 4.54. The molecule has 2 aromatic heterocycles. The first-order valence-corrected chi connectivity index (χ1v) is 5.82. The molecule has 3 N–H and O–H groups in total. The first-order valence-electron chi connectivity index (χ1n) is 5.82. The second-order valence-electron chi connectivity index (χ2n) is 4.54. The standard InChI is InChI=1S/C14H14N4/c1-8-5-12-14(16-7-8)18-13(17-12)10-3-4-11(15)9(2)6-10/h3-7H,15H2,1-2H3,(H,16,17,18). The topological polar surface area (TPSA) is 67.6 Å². The zero-order chi connectivity index (χ0) is 12.7. The minimum Gasteiger partial charge on any atom is -0.399 e. The molecule has 0 bridgehead atoms. The third-order valence-electron chi connectivity index (χ3n) is 3.02. The van der Waals surface area contributed by atoms with E-state index in [1.807, 2.05) is 44.3 Å². The molecule has 0 aliphatic carbocycles. The van der Waals surface area contributed by atoms with Gasteiger partial charge in [0.15, 0.2) is 5.65 Å². The number of nitrogen functional groups attached to an aromatic ring is 1. The average molecular weight is 238 g/mol. The molecular formula is C14H14N4. The lowest BCUT2D eigenvalue weighted by Gasteiger charge is -2.01. The van der Waals surface area contributed by atoms with Crippen LogP contribution < -0.4 is 5.73 Å². The van der Waals surface area contributed by atoms with Gasteiger partial charge < -0.3 is 10.7 Å². The summed E-state index contributed by atoms with van der Waals surface area (Å²) in [6.07, 6.45) is 1.82. The highest BCUT2D eigenvalue weighted by Crippen LogP contribution is 2.23. The lowest BCUT2D eigenvalue weighted by molar-refractivity contribution is 1.28. The van der Waals surface area contributed by atoms with Gasteiger partial charge in [-0.05, 0) is 49.2 Å². The minimum absolute atomic E-state index is 0.741. The average Bonchev–Trinajstić information content (AvgIpc) is 2.75. The summed E-state index contributed by atoms with van der Waals surface area (Å²) in [6.45, 7) is 4.00. The number of aromatic amines is 1. The summed E-state index contributed by atoms with van der Waals surface area (Å²) in [5.41, 5.74) is 11.5. The molecule has 0 saturated heterocycles. The molecule has 3 aromatic rings. The van der Waals surface area contributed by atoms with Crippen LogP contribution in [0.15, 0.2) is 30.5 Å². The van der Waals surface area contributed by atoms with Gasteiger partial charge in [-0.2, -0.15) is 0 Å². The fourth-order valence-electron chi connectivity index (χ4n) is 1.96. The molecule has 18 heavy (non-hydrogen) atoms. The number of aryl methyl sites for hydroxylation is 2. The van der Waals surface area contributed by atoms with Gasteiger partial charge in [0.1, 0.15) is 5.82 Å². The molecule has 0 radical (unpaired) electrons. The molecule has 4 nitrogen and oxygen atoms in total. The lowest BCUT2D eigenvalue weighted by atomic mass is 10.1. The highest BCUT2D eigenvalue weighted by molar-refractivity contribution is 5.76. The van der Waals surface area contributed by atoms with Crippen molar-refractivity contribution in [1.82, 2.24) is 15.0 Å². The van der Waals surface area contributed by atoms with Gasteiger partial charge in [0, 0.05) is 17.4 Å². The molecule has 0 aliphatic heterocycles. The van der Waals surface area contributed by atoms with Crippen LogP contribution >= 0.6 is 0 Å². The Morgan fingerprint density at radius 2 is 2.00 bits per heavy atom. The van der Waals surface area contributed by atoms with E-state index in [0.717, 1.165) is 39.4 Å². The Kier molecular flexibility index (Phi) is 2.30. The van der Waals surface area contributed by atoms with Gasteiger partial charge >= 0.3 is 0 Å². The van der Waals surface area contributed by atoms with Crippen molar-refractivity contribution < 1.29 is 0 Å². The van der Waals surface area contributed by atoms with Crippen molar-refractivity contribution in [1.29, 1.82) is 0 Å². The number of fused-ring (bicyclic) bond motifs is 1. The summed E-state index contributed by atoms with van der Waals surface area (Å²) in [6, 6.07) is 7.94. The Morgan fingerprint density at radius 3 is 2.78 bits per heavy atom. The number of H-pyrrole nitrogens is 1. The van der Waals surface area contributed by atoms with Crippen LogP contribution in [0.25, 0.3) is 22.6 Å². The highest BCUT2D eigenvalue weighted by atomic mass is 15.0. The number of nitrogens with zero attached hydrogens (tertiary/aromatic N) is 2. The van der Waals surface area contributed by atoms with Crippen LogP contribution in [-0.4, -0.2) is 15.0 Å². The molecule has 0 aliphatic rings. The Hall–Kier alpha value is -2.36. The van der Waals surface area contributed by atoms with Gasteiger partial charge in [-0.1, -0.05) is 0 Å². The lowest BCUT2D eigenvalue weighted by Crippen LogP contribution is -1.90. The van der Waals surface area contributed by atoms with Crippen LogP contribution in [0, 0.1) is 13.8 Å². The van der Waals surface area contributed by atoms with E-state index in [1.54, 1.807) is 0 Å². The molecule has 4 heteroatoms. The summed E-state index contributed by atoms with van der Waals surface area (Å²) < 4.78 is 0. The molecule has 0 atom stereocenters. The third kappa shape index (κ3) is 1.72. The van der Waals surface area contributed by atoms with E-state index in [9.17, 15) is 0 Å². The maximum Gasteiger partial charge on any atom is 0.178 e. The molecule has 2 heterocycles. The predicted molar refractivity (Wildman–Crippen MR) is 73.2 cm³/mol.